The average Bonchev–Trinajstić information content (AvgIpc) is 2.62. The number of carbonyl (C=O) groups is 3. The minimum atomic E-state index is -1.11. The summed E-state index contributed by atoms with van der Waals surface area (Å²) < 4.78 is 0. The Balaban J connectivity index is 2.15. The zero-order chi connectivity index (χ0) is 18.2. The van der Waals surface area contributed by atoms with Gasteiger partial charge in [-0.1, -0.05) is 60.7 Å². The highest BCUT2D eigenvalue weighted by molar-refractivity contribution is 5.99. The van der Waals surface area contributed by atoms with Crippen LogP contribution in [0.5, 0.6) is 0 Å². The maximum Gasteiger partial charge on any atom is 0.325 e. The molecular weight excluding hydrogens is 318 g/mol. The summed E-state index contributed by atoms with van der Waals surface area (Å²) in [5.74, 6) is -2.30. The molecule has 0 heterocycles. The second-order valence-electron chi connectivity index (χ2n) is 5.95. The maximum absolute atomic E-state index is 12.5. The monoisotopic (exact) mass is 339 g/mol. The van der Waals surface area contributed by atoms with Crippen molar-refractivity contribution in [1.29, 1.82) is 0 Å². The highest BCUT2D eigenvalue weighted by atomic mass is 16.4. The molecule has 0 spiro atoms. The van der Waals surface area contributed by atoms with Crippen LogP contribution in [-0.4, -0.2) is 28.8 Å². The highest BCUT2D eigenvalue weighted by Crippen LogP contribution is 2.16. The number of hydrogen-bond acceptors (Lipinski definition) is 3. The fraction of sp³-hybridized carbons (Fsp3) is 0.250. The zero-order valence-corrected chi connectivity index (χ0v) is 14.0. The van der Waals surface area contributed by atoms with Gasteiger partial charge in [-0.15, -0.1) is 0 Å². The first-order valence-corrected chi connectivity index (χ1v) is 8.12. The van der Waals surface area contributed by atoms with E-state index in [1.807, 2.05) is 36.4 Å². The van der Waals surface area contributed by atoms with E-state index in [1.165, 1.54) is 6.92 Å². The van der Waals surface area contributed by atoms with E-state index in [0.717, 1.165) is 5.56 Å². The van der Waals surface area contributed by atoms with Crippen molar-refractivity contribution in [3.05, 3.63) is 71.8 Å². The van der Waals surface area contributed by atoms with Crippen LogP contribution in [0.2, 0.25) is 0 Å². The first kappa shape index (κ1) is 18.4. The van der Waals surface area contributed by atoms with Crippen molar-refractivity contribution in [3.8, 4) is 0 Å². The van der Waals surface area contributed by atoms with Gasteiger partial charge in [-0.3, -0.25) is 14.4 Å². The number of rotatable bonds is 8. The second-order valence-corrected chi connectivity index (χ2v) is 5.95. The molecule has 1 amide bonds. The van der Waals surface area contributed by atoms with Crippen molar-refractivity contribution in [1.82, 2.24) is 5.32 Å². The molecule has 0 aliphatic heterocycles. The number of carbonyl (C=O) groups excluding carboxylic acids is 2. The van der Waals surface area contributed by atoms with Gasteiger partial charge in [0.15, 0.2) is 5.78 Å². The highest BCUT2D eigenvalue weighted by Gasteiger charge is 2.25. The van der Waals surface area contributed by atoms with Crippen molar-refractivity contribution in [3.63, 3.8) is 0 Å². The van der Waals surface area contributed by atoms with Crippen LogP contribution < -0.4 is 5.32 Å². The summed E-state index contributed by atoms with van der Waals surface area (Å²) in [5, 5.41) is 11.4. The minimum Gasteiger partial charge on any atom is -0.480 e. The number of hydrogen-bond donors (Lipinski definition) is 2. The molecule has 0 fully saturated rings. The molecule has 0 radical (unpaired) electrons. The average molecular weight is 339 g/mol. The van der Waals surface area contributed by atoms with E-state index in [1.54, 1.807) is 24.3 Å². The predicted octanol–water partition coefficient (Wildman–Crippen LogP) is 2.71. The molecule has 2 atom stereocenters. The Morgan fingerprint density at radius 1 is 0.960 bits per heavy atom. The van der Waals surface area contributed by atoms with Gasteiger partial charge in [0.05, 0.1) is 0 Å². The number of nitrogens with one attached hydrogen (secondary N) is 1. The minimum absolute atomic E-state index is 0.0249. The van der Waals surface area contributed by atoms with E-state index in [2.05, 4.69) is 5.32 Å². The lowest BCUT2D eigenvalue weighted by Crippen LogP contribution is -2.42. The molecule has 0 saturated heterocycles. The Labute approximate surface area is 146 Å². The number of carboxylic acids is 1. The fourth-order valence-corrected chi connectivity index (χ4v) is 2.51. The Morgan fingerprint density at radius 2 is 1.52 bits per heavy atom. The molecule has 25 heavy (non-hydrogen) atoms. The molecule has 2 N–H and O–H groups in total. The van der Waals surface area contributed by atoms with Crippen LogP contribution in [0, 0.1) is 5.92 Å². The normalized spacial score (nSPS) is 12.8. The Kier molecular flexibility index (Phi) is 6.46. The lowest BCUT2D eigenvalue weighted by Gasteiger charge is -2.18. The summed E-state index contributed by atoms with van der Waals surface area (Å²) in [6, 6.07) is 17.1. The van der Waals surface area contributed by atoms with Crippen molar-refractivity contribution >= 4 is 17.7 Å². The first-order valence-electron chi connectivity index (χ1n) is 8.12. The van der Waals surface area contributed by atoms with E-state index in [9.17, 15) is 14.4 Å². The van der Waals surface area contributed by atoms with E-state index in [0.29, 0.717) is 12.0 Å². The van der Waals surface area contributed by atoms with Gasteiger partial charge in [-0.25, -0.2) is 0 Å². The van der Waals surface area contributed by atoms with Gasteiger partial charge in [0, 0.05) is 17.9 Å². The standard InChI is InChI=1S/C20H21NO4/c1-14(20(24)25)21-19(23)17(12-15-8-4-2-5-9-15)13-18(22)16-10-6-3-7-11-16/h2-11,14,17H,12-13H2,1H3,(H,21,23)(H,24,25)/t14-,17+/m0/s1. The summed E-state index contributed by atoms with van der Waals surface area (Å²) >= 11 is 0. The van der Waals surface area contributed by atoms with E-state index in [-0.39, 0.29) is 12.2 Å². The van der Waals surface area contributed by atoms with Gasteiger partial charge in [-0.2, -0.15) is 0 Å². The molecule has 2 aromatic rings. The van der Waals surface area contributed by atoms with Gasteiger partial charge in [0.1, 0.15) is 6.04 Å². The van der Waals surface area contributed by atoms with Gasteiger partial charge in [0.25, 0.3) is 0 Å². The van der Waals surface area contributed by atoms with Crippen LogP contribution in [-0.2, 0) is 16.0 Å². The molecule has 0 aliphatic rings. The molecular formula is C20H21NO4. The third-order valence-corrected chi connectivity index (χ3v) is 3.95. The molecule has 0 aliphatic carbocycles. The zero-order valence-electron chi connectivity index (χ0n) is 14.0. The Hall–Kier alpha value is -2.95. The second kappa shape index (κ2) is 8.78. The molecule has 0 saturated carbocycles. The molecule has 0 aromatic heterocycles. The first-order chi connectivity index (χ1) is 12.0. The molecule has 0 bridgehead atoms. The predicted molar refractivity (Wildman–Crippen MR) is 94.3 cm³/mol. The maximum atomic E-state index is 12.5. The quantitative estimate of drug-likeness (QED) is 0.724. The summed E-state index contributed by atoms with van der Waals surface area (Å²) in [7, 11) is 0. The van der Waals surface area contributed by atoms with E-state index < -0.39 is 23.8 Å². The summed E-state index contributed by atoms with van der Waals surface area (Å²) in [5.41, 5.74) is 1.46. The van der Waals surface area contributed by atoms with Crippen LogP contribution in [0.25, 0.3) is 0 Å². The van der Waals surface area contributed by atoms with Crippen LogP contribution in [0.15, 0.2) is 60.7 Å². The van der Waals surface area contributed by atoms with Crippen molar-refractivity contribution in [2.24, 2.45) is 5.92 Å². The van der Waals surface area contributed by atoms with E-state index >= 15 is 0 Å². The van der Waals surface area contributed by atoms with Crippen molar-refractivity contribution < 1.29 is 19.5 Å². The smallest absolute Gasteiger partial charge is 0.325 e. The Bertz CT molecular complexity index is 728. The number of Topliss-reactive ketones (excluding diaryl/α,β-unsaturated/α-hetero) is 1. The van der Waals surface area contributed by atoms with Crippen LogP contribution in [0.3, 0.4) is 0 Å². The number of carboxylic acid groups (broad SMARTS) is 1. The number of aliphatic carboxylic acids is 1. The van der Waals surface area contributed by atoms with Crippen LogP contribution >= 0.6 is 0 Å². The SMILES string of the molecule is C[C@H](NC(=O)[C@@H](CC(=O)c1ccccc1)Cc1ccccc1)C(=O)O. The number of amides is 1. The molecule has 5 heteroatoms. The van der Waals surface area contributed by atoms with Crippen molar-refractivity contribution in [2.75, 3.05) is 0 Å². The number of ketones is 1. The van der Waals surface area contributed by atoms with Crippen LogP contribution in [0.4, 0.5) is 0 Å². The summed E-state index contributed by atoms with van der Waals surface area (Å²) in [6.07, 6.45) is 0.397. The third kappa shape index (κ3) is 5.57. The van der Waals surface area contributed by atoms with Gasteiger partial charge >= 0.3 is 5.97 Å². The topological polar surface area (TPSA) is 83.5 Å². The van der Waals surface area contributed by atoms with E-state index in [4.69, 9.17) is 5.11 Å². The third-order valence-electron chi connectivity index (χ3n) is 3.95. The van der Waals surface area contributed by atoms with Crippen molar-refractivity contribution in [2.45, 2.75) is 25.8 Å². The van der Waals surface area contributed by atoms with Gasteiger partial charge in [-0.05, 0) is 18.9 Å². The number of benzene rings is 2. The lowest BCUT2D eigenvalue weighted by atomic mass is 9.91. The van der Waals surface area contributed by atoms with Gasteiger partial charge < -0.3 is 10.4 Å². The van der Waals surface area contributed by atoms with Gasteiger partial charge in [0.2, 0.25) is 5.91 Å². The molecule has 5 nitrogen and oxygen atoms in total. The van der Waals surface area contributed by atoms with Crippen LogP contribution in [0.1, 0.15) is 29.3 Å². The fourth-order valence-electron chi connectivity index (χ4n) is 2.51. The summed E-state index contributed by atoms with van der Waals surface area (Å²) in [4.78, 5) is 36.0. The largest absolute Gasteiger partial charge is 0.480 e. The molecule has 2 rings (SSSR count). The molecule has 0 unspecified atom stereocenters. The molecule has 2 aromatic carbocycles. The Morgan fingerprint density at radius 3 is 2.08 bits per heavy atom. The summed E-state index contributed by atoms with van der Waals surface area (Å²) in [6.45, 7) is 1.40. The lowest BCUT2D eigenvalue weighted by molar-refractivity contribution is -0.141. The molecule has 130 valence electrons.